The quantitative estimate of drug-likeness (QED) is 0.494. The fourth-order valence-corrected chi connectivity index (χ4v) is 3.26. The summed E-state index contributed by atoms with van der Waals surface area (Å²) in [7, 11) is 3.30. The molecule has 0 unspecified atom stereocenters. The van der Waals surface area contributed by atoms with Crippen LogP contribution < -0.4 is 18.9 Å². The van der Waals surface area contributed by atoms with Crippen LogP contribution in [0.25, 0.3) is 10.8 Å². The molecule has 0 amide bonds. The van der Waals surface area contributed by atoms with Crippen LogP contribution in [0.15, 0.2) is 42.7 Å². The Labute approximate surface area is 172 Å². The minimum atomic E-state index is 0.410. The van der Waals surface area contributed by atoms with Crippen molar-refractivity contribution in [2.75, 3.05) is 27.4 Å². The lowest BCUT2D eigenvalue weighted by atomic mass is 10.00. The maximum absolute atomic E-state index is 5.95. The van der Waals surface area contributed by atoms with E-state index in [-0.39, 0.29) is 0 Å². The van der Waals surface area contributed by atoms with Crippen LogP contribution >= 0.6 is 0 Å². The summed E-state index contributed by atoms with van der Waals surface area (Å²) in [6.45, 7) is 7.44. The monoisotopic (exact) mass is 395 g/mol. The number of hydrogen-bond acceptors (Lipinski definition) is 5. The normalized spacial score (nSPS) is 11.0. The fourth-order valence-electron chi connectivity index (χ4n) is 3.26. The Morgan fingerprint density at radius 1 is 0.931 bits per heavy atom. The summed E-state index contributed by atoms with van der Waals surface area (Å²) < 4.78 is 22.7. The van der Waals surface area contributed by atoms with E-state index in [0.717, 1.165) is 27.6 Å². The van der Waals surface area contributed by atoms with Gasteiger partial charge in [0.1, 0.15) is 5.75 Å². The molecule has 2 aromatic carbocycles. The third-order valence-electron chi connectivity index (χ3n) is 4.60. The molecule has 0 spiro atoms. The Hall–Kier alpha value is -2.95. The average molecular weight is 395 g/mol. The smallest absolute Gasteiger partial charge is 0.203 e. The van der Waals surface area contributed by atoms with Gasteiger partial charge in [-0.15, -0.1) is 0 Å². The van der Waals surface area contributed by atoms with Crippen LogP contribution in [-0.2, 0) is 6.42 Å². The summed E-state index contributed by atoms with van der Waals surface area (Å²) in [5, 5.41) is 2.21. The van der Waals surface area contributed by atoms with E-state index in [4.69, 9.17) is 18.9 Å². The van der Waals surface area contributed by atoms with Gasteiger partial charge in [-0.3, -0.25) is 4.98 Å². The zero-order valence-corrected chi connectivity index (χ0v) is 17.8. The van der Waals surface area contributed by atoms with Gasteiger partial charge in [-0.2, -0.15) is 0 Å². The number of aromatic nitrogens is 1. The minimum Gasteiger partial charge on any atom is -0.494 e. The van der Waals surface area contributed by atoms with Crippen LogP contribution in [0.1, 0.15) is 31.9 Å². The number of pyridine rings is 1. The van der Waals surface area contributed by atoms with Crippen molar-refractivity contribution in [3.05, 3.63) is 53.9 Å². The Morgan fingerprint density at radius 2 is 1.66 bits per heavy atom. The van der Waals surface area contributed by atoms with Gasteiger partial charge in [-0.05, 0) is 60.0 Å². The molecule has 0 aliphatic rings. The molecule has 0 saturated heterocycles. The highest BCUT2D eigenvalue weighted by molar-refractivity contribution is 5.86. The summed E-state index contributed by atoms with van der Waals surface area (Å²) in [6, 6.07) is 10.1. The van der Waals surface area contributed by atoms with Crippen LogP contribution in [0.3, 0.4) is 0 Å². The summed E-state index contributed by atoms with van der Waals surface area (Å²) in [6.07, 6.45) is 4.48. The van der Waals surface area contributed by atoms with Crippen molar-refractivity contribution in [2.24, 2.45) is 5.92 Å². The number of nitrogens with zero attached hydrogens (tertiary/aromatic N) is 1. The molecule has 0 atom stereocenters. The molecular formula is C24H29NO4. The molecule has 3 aromatic rings. The molecule has 5 nitrogen and oxygen atoms in total. The molecule has 0 saturated carbocycles. The zero-order chi connectivity index (χ0) is 20.8. The molecule has 5 heteroatoms. The van der Waals surface area contributed by atoms with Gasteiger partial charge >= 0.3 is 0 Å². The highest BCUT2D eigenvalue weighted by Gasteiger charge is 2.16. The Bertz CT molecular complexity index is 943. The molecule has 0 N–H and O–H groups in total. The van der Waals surface area contributed by atoms with Gasteiger partial charge < -0.3 is 18.9 Å². The van der Waals surface area contributed by atoms with Crippen LogP contribution in [0.5, 0.6) is 23.0 Å². The van der Waals surface area contributed by atoms with Crippen molar-refractivity contribution in [2.45, 2.75) is 27.2 Å². The van der Waals surface area contributed by atoms with Gasteiger partial charge in [0.15, 0.2) is 11.5 Å². The first-order chi connectivity index (χ1) is 14.0. The van der Waals surface area contributed by atoms with Crippen molar-refractivity contribution in [1.82, 2.24) is 4.98 Å². The fraction of sp³-hybridized carbons (Fsp3) is 0.375. The zero-order valence-electron chi connectivity index (χ0n) is 17.8. The Morgan fingerprint density at radius 3 is 2.28 bits per heavy atom. The van der Waals surface area contributed by atoms with Gasteiger partial charge in [0.05, 0.1) is 27.4 Å². The standard InChI is InChI=1S/C24H29NO4/c1-6-28-20-7-8-21-18(13-25-14-19(21)12-20)9-17-10-22(26-4)24(23(11-17)27-5)29-15-16(2)3/h7-8,10-14,16H,6,9,15H2,1-5H3. The molecular weight excluding hydrogens is 366 g/mol. The third kappa shape index (κ3) is 4.91. The van der Waals surface area contributed by atoms with Crippen molar-refractivity contribution >= 4 is 10.8 Å². The number of benzene rings is 2. The molecule has 0 aliphatic heterocycles. The molecule has 1 heterocycles. The van der Waals surface area contributed by atoms with E-state index in [0.29, 0.717) is 42.8 Å². The molecule has 3 rings (SSSR count). The predicted octanol–water partition coefficient (Wildman–Crippen LogP) is 5.28. The largest absolute Gasteiger partial charge is 0.494 e. The van der Waals surface area contributed by atoms with Gasteiger partial charge in [0.2, 0.25) is 5.75 Å². The number of hydrogen-bond donors (Lipinski definition) is 0. The molecule has 29 heavy (non-hydrogen) atoms. The number of ether oxygens (including phenoxy) is 4. The van der Waals surface area contributed by atoms with Crippen LogP contribution in [-0.4, -0.2) is 32.4 Å². The molecule has 0 radical (unpaired) electrons. The maximum Gasteiger partial charge on any atom is 0.203 e. The van der Waals surface area contributed by atoms with Crippen molar-refractivity contribution in [1.29, 1.82) is 0 Å². The first-order valence-electron chi connectivity index (χ1n) is 9.92. The van der Waals surface area contributed by atoms with E-state index < -0.39 is 0 Å². The van der Waals surface area contributed by atoms with Crippen molar-refractivity contribution < 1.29 is 18.9 Å². The molecule has 0 bridgehead atoms. The molecule has 154 valence electrons. The van der Waals surface area contributed by atoms with Gasteiger partial charge in [0, 0.05) is 17.8 Å². The van der Waals surface area contributed by atoms with Crippen molar-refractivity contribution in [3.63, 3.8) is 0 Å². The minimum absolute atomic E-state index is 0.410. The Balaban J connectivity index is 1.95. The lowest BCUT2D eigenvalue weighted by Gasteiger charge is -2.17. The highest BCUT2D eigenvalue weighted by Crippen LogP contribution is 2.39. The second kappa shape index (κ2) is 9.50. The van der Waals surface area contributed by atoms with Gasteiger partial charge in [-0.1, -0.05) is 19.9 Å². The van der Waals surface area contributed by atoms with E-state index >= 15 is 0 Å². The third-order valence-corrected chi connectivity index (χ3v) is 4.60. The Kier molecular flexibility index (Phi) is 6.81. The lowest BCUT2D eigenvalue weighted by molar-refractivity contribution is 0.243. The topological polar surface area (TPSA) is 49.8 Å². The van der Waals surface area contributed by atoms with Gasteiger partial charge in [0.25, 0.3) is 0 Å². The number of fused-ring (bicyclic) bond motifs is 1. The molecule has 1 aromatic heterocycles. The molecule has 0 fully saturated rings. The average Bonchev–Trinajstić information content (AvgIpc) is 2.72. The van der Waals surface area contributed by atoms with Crippen molar-refractivity contribution in [3.8, 4) is 23.0 Å². The molecule has 0 aliphatic carbocycles. The SMILES string of the molecule is CCOc1ccc2c(Cc3cc(OC)c(OCC(C)C)c(OC)c3)cncc2c1. The van der Waals surface area contributed by atoms with E-state index in [1.165, 1.54) is 0 Å². The first kappa shape index (κ1) is 20.8. The van der Waals surface area contributed by atoms with E-state index in [1.807, 2.05) is 43.6 Å². The number of rotatable bonds is 9. The van der Waals surface area contributed by atoms with E-state index in [2.05, 4.69) is 24.9 Å². The second-order valence-corrected chi connectivity index (χ2v) is 7.33. The maximum atomic E-state index is 5.95. The lowest BCUT2D eigenvalue weighted by Crippen LogP contribution is -2.07. The van der Waals surface area contributed by atoms with Crippen LogP contribution in [0.2, 0.25) is 0 Å². The first-order valence-corrected chi connectivity index (χ1v) is 9.92. The number of methoxy groups -OCH3 is 2. The van der Waals surface area contributed by atoms with Crippen LogP contribution in [0, 0.1) is 5.92 Å². The van der Waals surface area contributed by atoms with Crippen LogP contribution in [0.4, 0.5) is 0 Å². The highest BCUT2D eigenvalue weighted by atomic mass is 16.5. The van der Waals surface area contributed by atoms with Gasteiger partial charge in [-0.25, -0.2) is 0 Å². The summed E-state index contributed by atoms with van der Waals surface area (Å²) in [4.78, 5) is 4.42. The summed E-state index contributed by atoms with van der Waals surface area (Å²) in [5.41, 5.74) is 2.20. The second-order valence-electron chi connectivity index (χ2n) is 7.33. The van der Waals surface area contributed by atoms with E-state index in [9.17, 15) is 0 Å². The predicted molar refractivity (Wildman–Crippen MR) is 116 cm³/mol. The van der Waals surface area contributed by atoms with E-state index in [1.54, 1.807) is 14.2 Å². The summed E-state index contributed by atoms with van der Waals surface area (Å²) in [5.74, 6) is 3.25. The summed E-state index contributed by atoms with van der Waals surface area (Å²) >= 11 is 0.